The van der Waals surface area contributed by atoms with Gasteiger partial charge in [0.15, 0.2) is 9.84 Å². The van der Waals surface area contributed by atoms with Gasteiger partial charge in [-0.2, -0.15) is 0 Å². The van der Waals surface area contributed by atoms with E-state index in [0.29, 0.717) is 11.5 Å². The standard InChI is InChI=1S/C18H22N4O2S.C13H13N5.C4H9ClO2S.CH4/c1-12(2)6-25(23,24)10-17-7-18(8-17,9-17)22-11-21-14-5-20-16-13(15(14)22)3-4-19-16;14-12-4-13(5-12,6-12)18-7-17-9-3-16-11-8(10(9)18)1-2-15-11;1-4(2)3-8(5,6)7;/h3-5,11-12H,6-10H2,1-2H3,(H,19,20);1-3,7H,4-6,14H2,(H,15,16);4H,3H2,1-2H3;1H4. The molecule has 0 atom stereocenters. The summed E-state index contributed by atoms with van der Waals surface area (Å²) >= 11 is 0. The van der Waals surface area contributed by atoms with Gasteiger partial charge in [-0.3, -0.25) is 0 Å². The number of rotatable bonds is 8. The molecule has 16 heteroatoms. The summed E-state index contributed by atoms with van der Waals surface area (Å²) in [4.78, 5) is 24.1. The average molecular weight is 770 g/mol. The number of hydrogen-bond acceptors (Lipinski definition) is 9. The molecule has 0 aliphatic heterocycles. The second-order valence-electron chi connectivity index (χ2n) is 16.6. The lowest BCUT2D eigenvalue weighted by atomic mass is 9.40. The number of nitrogens with one attached hydrogen (secondary N) is 2. The van der Waals surface area contributed by atoms with Crippen LogP contribution in [-0.4, -0.2) is 78.7 Å². The normalized spacial score (nSPS) is 27.2. The predicted octanol–water partition coefficient (Wildman–Crippen LogP) is 6.21. The number of H-pyrrole nitrogens is 2. The molecule has 0 saturated heterocycles. The fraction of sp³-hybridized carbons (Fsp3) is 0.556. The molecule has 6 aliphatic carbocycles. The maximum atomic E-state index is 12.4. The summed E-state index contributed by atoms with van der Waals surface area (Å²) in [6, 6.07) is 4.11. The fourth-order valence-corrected chi connectivity index (χ4v) is 13.5. The molecule has 6 aromatic heterocycles. The molecule has 6 aliphatic rings. The third-order valence-electron chi connectivity index (χ3n) is 11.0. The quantitative estimate of drug-likeness (QED) is 0.151. The van der Waals surface area contributed by atoms with Crippen LogP contribution >= 0.6 is 10.7 Å². The zero-order chi connectivity index (χ0) is 36.2. The molecule has 6 fully saturated rings. The van der Waals surface area contributed by atoms with Gasteiger partial charge < -0.3 is 24.8 Å². The first-order valence-electron chi connectivity index (χ1n) is 17.4. The second-order valence-corrected chi connectivity index (χ2v) is 21.5. The van der Waals surface area contributed by atoms with Crippen LogP contribution in [0.25, 0.3) is 44.1 Å². The van der Waals surface area contributed by atoms with E-state index >= 15 is 0 Å². The average Bonchev–Trinajstić information content (AvgIpc) is 3.74. The lowest BCUT2D eigenvalue weighted by Gasteiger charge is -2.71. The maximum absolute atomic E-state index is 12.4. The van der Waals surface area contributed by atoms with Crippen molar-refractivity contribution in [1.82, 2.24) is 39.0 Å². The highest BCUT2D eigenvalue weighted by Gasteiger charge is 2.70. The summed E-state index contributed by atoms with van der Waals surface area (Å²) in [5.41, 5.74) is 12.5. The van der Waals surface area contributed by atoms with Crippen molar-refractivity contribution in [1.29, 1.82) is 0 Å². The molecule has 0 unspecified atom stereocenters. The summed E-state index contributed by atoms with van der Waals surface area (Å²) in [6.07, 6.45) is 17.4. The molecular formula is C36H48ClN9O4S2. The molecule has 4 N–H and O–H groups in total. The van der Waals surface area contributed by atoms with Gasteiger partial charge in [0, 0.05) is 44.9 Å². The van der Waals surface area contributed by atoms with Crippen molar-refractivity contribution in [3.05, 3.63) is 49.6 Å². The molecule has 6 saturated carbocycles. The molecule has 0 aromatic carbocycles. The highest BCUT2D eigenvalue weighted by Crippen LogP contribution is 2.72. The predicted molar refractivity (Wildman–Crippen MR) is 206 cm³/mol. The molecule has 4 bridgehead atoms. The number of sulfone groups is 1. The van der Waals surface area contributed by atoms with Gasteiger partial charge in [0.1, 0.15) is 22.3 Å². The molecular weight excluding hydrogens is 722 g/mol. The molecule has 13 nitrogen and oxygen atoms in total. The van der Waals surface area contributed by atoms with Gasteiger partial charge in [0.2, 0.25) is 9.05 Å². The number of aromatic nitrogens is 8. The highest BCUT2D eigenvalue weighted by molar-refractivity contribution is 8.13. The summed E-state index contributed by atoms with van der Waals surface area (Å²) < 4.78 is 49.8. The first kappa shape index (κ1) is 36.8. The zero-order valence-corrected chi connectivity index (χ0v) is 31.6. The molecule has 280 valence electrons. The first-order chi connectivity index (χ1) is 23.9. The van der Waals surface area contributed by atoms with Crippen molar-refractivity contribution in [3.63, 3.8) is 0 Å². The van der Waals surface area contributed by atoms with Gasteiger partial charge in [-0.05, 0) is 67.9 Å². The Morgan fingerprint density at radius 3 is 1.58 bits per heavy atom. The van der Waals surface area contributed by atoms with E-state index in [9.17, 15) is 16.8 Å². The van der Waals surface area contributed by atoms with Crippen LogP contribution in [0.3, 0.4) is 0 Å². The number of nitrogens with zero attached hydrogens (tertiary/aromatic N) is 6. The Morgan fingerprint density at radius 1 is 0.750 bits per heavy atom. The molecule has 12 rings (SSSR count). The number of nitrogens with two attached hydrogens (primary N) is 1. The van der Waals surface area contributed by atoms with E-state index in [1.807, 2.05) is 51.2 Å². The number of pyridine rings is 2. The van der Waals surface area contributed by atoms with E-state index in [-0.39, 0.29) is 47.0 Å². The van der Waals surface area contributed by atoms with E-state index in [0.717, 1.165) is 77.1 Å². The summed E-state index contributed by atoms with van der Waals surface area (Å²) in [5, 5.41) is 2.24. The van der Waals surface area contributed by atoms with Gasteiger partial charge >= 0.3 is 0 Å². The Bertz CT molecular complexity index is 2490. The second kappa shape index (κ2) is 12.3. The van der Waals surface area contributed by atoms with Crippen molar-refractivity contribution in [2.24, 2.45) is 23.0 Å². The van der Waals surface area contributed by atoms with Crippen LogP contribution in [0.1, 0.15) is 73.6 Å². The molecule has 0 radical (unpaired) electrons. The van der Waals surface area contributed by atoms with Crippen LogP contribution in [0.4, 0.5) is 0 Å². The van der Waals surface area contributed by atoms with Gasteiger partial charge in [-0.1, -0.05) is 35.1 Å². The molecule has 6 aromatic rings. The Kier molecular flexibility index (Phi) is 8.67. The van der Waals surface area contributed by atoms with E-state index in [1.165, 1.54) is 5.52 Å². The largest absolute Gasteiger partial charge is 0.346 e. The number of hydrogen-bond donors (Lipinski definition) is 3. The van der Waals surface area contributed by atoms with Gasteiger partial charge in [0.05, 0.1) is 58.9 Å². The fourth-order valence-electron chi connectivity index (χ4n) is 9.58. The van der Waals surface area contributed by atoms with Crippen molar-refractivity contribution in [2.45, 2.75) is 90.3 Å². The van der Waals surface area contributed by atoms with Crippen LogP contribution in [0.5, 0.6) is 0 Å². The van der Waals surface area contributed by atoms with Gasteiger partial charge in [-0.25, -0.2) is 36.8 Å². The summed E-state index contributed by atoms with van der Waals surface area (Å²) in [6.45, 7) is 7.55. The van der Waals surface area contributed by atoms with Crippen molar-refractivity contribution in [2.75, 3.05) is 17.3 Å². The Labute approximate surface area is 308 Å². The van der Waals surface area contributed by atoms with E-state index in [4.69, 9.17) is 16.4 Å². The van der Waals surface area contributed by atoms with Crippen LogP contribution in [0.15, 0.2) is 49.6 Å². The van der Waals surface area contributed by atoms with Crippen molar-refractivity contribution < 1.29 is 16.8 Å². The van der Waals surface area contributed by atoms with Gasteiger partial charge in [0.25, 0.3) is 0 Å². The summed E-state index contributed by atoms with van der Waals surface area (Å²) in [5.74, 6) is 1.02. The van der Waals surface area contributed by atoms with Crippen LogP contribution in [-0.2, 0) is 30.0 Å². The summed E-state index contributed by atoms with van der Waals surface area (Å²) in [7, 11) is -1.32. The van der Waals surface area contributed by atoms with E-state index in [1.54, 1.807) is 20.0 Å². The van der Waals surface area contributed by atoms with Crippen molar-refractivity contribution >= 4 is 73.7 Å². The first-order valence-corrected chi connectivity index (χ1v) is 21.7. The number of fused-ring (bicyclic) bond motifs is 6. The minimum atomic E-state index is -3.25. The highest BCUT2D eigenvalue weighted by atomic mass is 35.7. The number of aromatic amines is 2. The number of halogens is 1. The maximum Gasteiger partial charge on any atom is 0.232 e. The zero-order valence-electron chi connectivity index (χ0n) is 29.2. The molecule has 52 heavy (non-hydrogen) atoms. The topological polar surface area (TPSA) is 187 Å². The Hall–Kier alpha value is -3.53. The SMILES string of the molecule is C.CC(C)CS(=O)(=O)CC12CC(n3cnc4cnc5[nH]ccc5c43)(C1)C2.CC(C)CS(=O)(=O)Cl.NC12CC(n3cnc4cnc5[nH]ccc5c43)(C1)C2. The molecule has 6 heterocycles. The minimum Gasteiger partial charge on any atom is -0.346 e. The van der Waals surface area contributed by atoms with Crippen LogP contribution in [0, 0.1) is 17.3 Å². The van der Waals surface area contributed by atoms with E-state index in [2.05, 4.69) is 45.1 Å². The van der Waals surface area contributed by atoms with Crippen LogP contribution in [0.2, 0.25) is 0 Å². The lowest BCUT2D eigenvalue weighted by molar-refractivity contribution is -0.168. The smallest absolute Gasteiger partial charge is 0.232 e. The van der Waals surface area contributed by atoms with Crippen molar-refractivity contribution in [3.8, 4) is 0 Å². The Balaban J connectivity index is 0.000000136. The van der Waals surface area contributed by atoms with Gasteiger partial charge in [-0.15, -0.1) is 0 Å². The Morgan fingerprint density at radius 2 is 1.19 bits per heavy atom. The lowest BCUT2D eigenvalue weighted by Crippen LogP contribution is -2.76. The number of imidazole rings is 2. The van der Waals surface area contributed by atoms with E-state index < -0.39 is 18.9 Å². The van der Waals surface area contributed by atoms with Crippen LogP contribution < -0.4 is 5.73 Å². The third kappa shape index (κ3) is 6.20. The monoisotopic (exact) mass is 769 g/mol. The molecule has 0 amide bonds. The minimum absolute atomic E-state index is 0. The molecule has 0 spiro atoms. The third-order valence-corrected chi connectivity index (χ3v) is 14.7.